The van der Waals surface area contributed by atoms with Crippen LogP contribution < -0.4 is 5.32 Å². The number of para-hydroxylation sites is 2. The largest absolute Gasteiger partial charge is 0.350 e. The van der Waals surface area contributed by atoms with Gasteiger partial charge in [-0.25, -0.2) is 0 Å². The Bertz CT molecular complexity index is 679. The molecule has 2 rings (SSSR count). The highest BCUT2D eigenvalue weighted by atomic mass is 16.6. The van der Waals surface area contributed by atoms with Crippen molar-refractivity contribution in [3.8, 4) is 0 Å². The fourth-order valence-corrected chi connectivity index (χ4v) is 2.57. The van der Waals surface area contributed by atoms with Crippen LogP contribution in [0.15, 0.2) is 42.5 Å². The van der Waals surface area contributed by atoms with E-state index in [-0.39, 0.29) is 10.6 Å². The zero-order chi connectivity index (χ0) is 16.3. The molecule has 0 saturated heterocycles. The molecule has 0 aliphatic rings. The van der Waals surface area contributed by atoms with Gasteiger partial charge in [0, 0.05) is 11.8 Å². The molecule has 0 saturated carbocycles. The van der Waals surface area contributed by atoms with Gasteiger partial charge in [-0.05, 0) is 41.2 Å². The second-order valence-electron chi connectivity index (χ2n) is 6.05. The van der Waals surface area contributed by atoms with Gasteiger partial charge in [-0.3, -0.25) is 10.1 Å². The third-order valence-corrected chi connectivity index (χ3v) is 3.71. The molecule has 0 bridgehead atoms. The maximum Gasteiger partial charge on any atom is 0.292 e. The van der Waals surface area contributed by atoms with E-state index in [1.165, 1.54) is 17.2 Å². The number of hydrogen-bond donors (Lipinski definition) is 1. The van der Waals surface area contributed by atoms with Gasteiger partial charge in [0.25, 0.3) is 5.69 Å². The molecule has 4 nitrogen and oxygen atoms in total. The second-order valence-corrected chi connectivity index (χ2v) is 6.05. The molecule has 1 N–H and O–H groups in total. The summed E-state index contributed by atoms with van der Waals surface area (Å²) in [4.78, 5) is 10.7. The molecule has 0 heterocycles. The predicted molar refractivity (Wildman–Crippen MR) is 91.0 cm³/mol. The monoisotopic (exact) mass is 298 g/mol. The van der Waals surface area contributed by atoms with Crippen molar-refractivity contribution < 1.29 is 4.92 Å². The van der Waals surface area contributed by atoms with E-state index in [4.69, 9.17) is 0 Å². The molecule has 0 fully saturated rings. The molecule has 116 valence electrons. The molecule has 4 heteroatoms. The molecule has 0 aliphatic carbocycles. The number of nitrogens with zero attached hydrogens (tertiary/aromatic N) is 1. The average molecular weight is 298 g/mol. The standard InChI is InChI=1S/C18H22N2O2/c1-12(2)15-10-9-14(11-16(15)13(3)4)19-17-7-5-6-8-18(17)20(21)22/h5-13,19H,1-4H3. The summed E-state index contributed by atoms with van der Waals surface area (Å²) < 4.78 is 0. The summed E-state index contributed by atoms with van der Waals surface area (Å²) in [5.74, 6) is 0.863. The molecule has 2 aromatic rings. The Morgan fingerprint density at radius 1 is 0.955 bits per heavy atom. The van der Waals surface area contributed by atoms with Crippen molar-refractivity contribution in [1.82, 2.24) is 0 Å². The molecule has 0 aromatic heterocycles. The number of hydrogen-bond acceptors (Lipinski definition) is 3. The lowest BCUT2D eigenvalue weighted by Crippen LogP contribution is -2.01. The van der Waals surface area contributed by atoms with Crippen molar-refractivity contribution >= 4 is 17.1 Å². The molecule has 0 aliphatic heterocycles. The first-order chi connectivity index (χ1) is 10.4. The summed E-state index contributed by atoms with van der Waals surface area (Å²) in [6, 6.07) is 12.9. The van der Waals surface area contributed by atoms with E-state index in [0.717, 1.165) is 5.69 Å². The van der Waals surface area contributed by atoms with Gasteiger partial charge in [-0.1, -0.05) is 45.9 Å². The Kier molecular flexibility index (Phi) is 4.81. The van der Waals surface area contributed by atoms with Crippen LogP contribution in [0.5, 0.6) is 0 Å². The molecule has 2 aromatic carbocycles. The highest BCUT2D eigenvalue weighted by Crippen LogP contribution is 2.32. The van der Waals surface area contributed by atoms with Crippen LogP contribution in [-0.4, -0.2) is 4.92 Å². The Morgan fingerprint density at radius 2 is 1.59 bits per heavy atom. The summed E-state index contributed by atoms with van der Waals surface area (Å²) in [5.41, 5.74) is 4.07. The fourth-order valence-electron chi connectivity index (χ4n) is 2.57. The smallest absolute Gasteiger partial charge is 0.292 e. The average Bonchev–Trinajstić information content (AvgIpc) is 2.47. The topological polar surface area (TPSA) is 55.2 Å². The lowest BCUT2D eigenvalue weighted by atomic mass is 9.90. The fraction of sp³-hybridized carbons (Fsp3) is 0.333. The quantitative estimate of drug-likeness (QED) is 0.578. The van der Waals surface area contributed by atoms with Crippen LogP contribution in [0.4, 0.5) is 17.1 Å². The van der Waals surface area contributed by atoms with E-state index in [2.05, 4.69) is 45.1 Å². The Morgan fingerprint density at radius 3 is 2.18 bits per heavy atom. The van der Waals surface area contributed by atoms with Gasteiger partial charge in [0.15, 0.2) is 0 Å². The number of rotatable bonds is 5. The zero-order valence-corrected chi connectivity index (χ0v) is 13.5. The number of benzene rings is 2. The zero-order valence-electron chi connectivity index (χ0n) is 13.5. The molecular formula is C18H22N2O2. The predicted octanol–water partition coefficient (Wildman–Crippen LogP) is 5.59. The minimum atomic E-state index is -0.367. The van der Waals surface area contributed by atoms with Gasteiger partial charge >= 0.3 is 0 Å². The number of nitro groups is 1. The second kappa shape index (κ2) is 6.60. The van der Waals surface area contributed by atoms with E-state index in [9.17, 15) is 10.1 Å². The van der Waals surface area contributed by atoms with E-state index in [0.29, 0.717) is 17.5 Å². The summed E-state index contributed by atoms with van der Waals surface area (Å²) in [6.45, 7) is 8.68. The van der Waals surface area contributed by atoms with Crippen LogP contribution in [0.3, 0.4) is 0 Å². The van der Waals surface area contributed by atoms with Gasteiger partial charge in [0.1, 0.15) is 5.69 Å². The molecule has 0 radical (unpaired) electrons. The Hall–Kier alpha value is -2.36. The van der Waals surface area contributed by atoms with Crippen LogP contribution in [0.25, 0.3) is 0 Å². The van der Waals surface area contributed by atoms with E-state index in [1.807, 2.05) is 6.07 Å². The van der Waals surface area contributed by atoms with Gasteiger partial charge < -0.3 is 5.32 Å². The first kappa shape index (κ1) is 16.0. The maximum absolute atomic E-state index is 11.1. The minimum Gasteiger partial charge on any atom is -0.350 e. The lowest BCUT2D eigenvalue weighted by molar-refractivity contribution is -0.383. The number of nitro benzene ring substituents is 1. The highest BCUT2D eigenvalue weighted by Gasteiger charge is 2.14. The summed E-state index contributed by atoms with van der Waals surface area (Å²) in [6.07, 6.45) is 0. The third kappa shape index (κ3) is 3.45. The molecule has 0 unspecified atom stereocenters. The third-order valence-electron chi connectivity index (χ3n) is 3.71. The first-order valence-corrected chi connectivity index (χ1v) is 7.54. The van der Waals surface area contributed by atoms with Crippen LogP contribution >= 0.6 is 0 Å². The number of anilines is 2. The van der Waals surface area contributed by atoms with E-state index in [1.54, 1.807) is 18.2 Å². The van der Waals surface area contributed by atoms with E-state index < -0.39 is 0 Å². The molecule has 0 spiro atoms. The molecule has 0 atom stereocenters. The molecule has 22 heavy (non-hydrogen) atoms. The van der Waals surface area contributed by atoms with Crippen molar-refractivity contribution in [3.63, 3.8) is 0 Å². The van der Waals surface area contributed by atoms with Crippen molar-refractivity contribution in [2.45, 2.75) is 39.5 Å². The SMILES string of the molecule is CC(C)c1ccc(Nc2ccccc2[N+](=O)[O-])cc1C(C)C. The minimum absolute atomic E-state index is 0.0848. The van der Waals surface area contributed by atoms with Crippen molar-refractivity contribution in [2.75, 3.05) is 5.32 Å². The summed E-state index contributed by atoms with van der Waals surface area (Å²) in [5, 5.41) is 14.3. The van der Waals surface area contributed by atoms with Gasteiger partial charge in [0.05, 0.1) is 4.92 Å². The highest BCUT2D eigenvalue weighted by molar-refractivity contribution is 5.70. The van der Waals surface area contributed by atoms with Gasteiger partial charge in [-0.15, -0.1) is 0 Å². The molecular weight excluding hydrogens is 276 g/mol. The Labute approximate surface area is 131 Å². The number of nitrogens with one attached hydrogen (secondary N) is 1. The van der Waals surface area contributed by atoms with Crippen LogP contribution in [0, 0.1) is 10.1 Å². The normalized spacial score (nSPS) is 11.0. The maximum atomic E-state index is 11.1. The van der Waals surface area contributed by atoms with Crippen LogP contribution in [0.1, 0.15) is 50.7 Å². The lowest BCUT2D eigenvalue weighted by Gasteiger charge is -2.18. The van der Waals surface area contributed by atoms with Crippen molar-refractivity contribution in [2.24, 2.45) is 0 Å². The Balaban J connectivity index is 2.39. The van der Waals surface area contributed by atoms with Gasteiger partial charge in [-0.2, -0.15) is 0 Å². The van der Waals surface area contributed by atoms with Crippen molar-refractivity contribution in [1.29, 1.82) is 0 Å². The molecule has 0 amide bonds. The summed E-state index contributed by atoms with van der Waals surface area (Å²) >= 11 is 0. The summed E-state index contributed by atoms with van der Waals surface area (Å²) in [7, 11) is 0. The first-order valence-electron chi connectivity index (χ1n) is 7.54. The van der Waals surface area contributed by atoms with Crippen molar-refractivity contribution in [3.05, 3.63) is 63.7 Å². The van der Waals surface area contributed by atoms with Crippen LogP contribution in [0.2, 0.25) is 0 Å². The van der Waals surface area contributed by atoms with Crippen LogP contribution in [-0.2, 0) is 0 Å². The van der Waals surface area contributed by atoms with E-state index >= 15 is 0 Å². The van der Waals surface area contributed by atoms with Gasteiger partial charge in [0.2, 0.25) is 0 Å².